The van der Waals surface area contributed by atoms with E-state index < -0.39 is 6.10 Å². The predicted octanol–water partition coefficient (Wildman–Crippen LogP) is 2.87. The molecule has 2 aromatic rings. The van der Waals surface area contributed by atoms with Crippen LogP contribution in [0.3, 0.4) is 0 Å². The summed E-state index contributed by atoms with van der Waals surface area (Å²) in [6.07, 6.45) is 3.29. The minimum Gasteiger partial charge on any atom is -0.389 e. The van der Waals surface area contributed by atoms with E-state index in [2.05, 4.69) is 25.8 Å². The van der Waals surface area contributed by atoms with Gasteiger partial charge < -0.3 is 14.6 Å². The second kappa shape index (κ2) is 5.75. The van der Waals surface area contributed by atoms with Crippen molar-refractivity contribution in [3.8, 4) is 0 Å². The topological polar surface area (TPSA) is 41.3 Å². The molecule has 4 nitrogen and oxygen atoms in total. The van der Waals surface area contributed by atoms with E-state index in [0.29, 0.717) is 0 Å². The monoisotopic (exact) mass is 323 g/mol. The molecule has 5 heteroatoms. The Morgan fingerprint density at radius 2 is 2.21 bits per heavy atom. The van der Waals surface area contributed by atoms with E-state index in [1.54, 1.807) is 13.1 Å². The molecular weight excluding hydrogens is 306 g/mol. The Labute approximate surface area is 121 Å². The van der Waals surface area contributed by atoms with Crippen LogP contribution in [0.1, 0.15) is 24.4 Å². The fraction of sp³-hybridized carbons (Fsp3) is 0.357. The summed E-state index contributed by atoms with van der Waals surface area (Å²) in [5, 5.41) is 9.57. The molecule has 0 radical (unpaired) electrons. The molecule has 0 fully saturated rings. The third-order valence-corrected chi connectivity index (χ3v) is 3.80. The van der Waals surface area contributed by atoms with Gasteiger partial charge in [-0.25, -0.2) is 4.98 Å². The molecule has 0 aliphatic carbocycles. The summed E-state index contributed by atoms with van der Waals surface area (Å²) in [6, 6.07) is 5.91. The van der Waals surface area contributed by atoms with E-state index in [-0.39, 0.29) is 0 Å². The van der Waals surface area contributed by atoms with Gasteiger partial charge in [0.25, 0.3) is 0 Å². The van der Waals surface area contributed by atoms with Gasteiger partial charge in [-0.3, -0.25) is 0 Å². The van der Waals surface area contributed by atoms with Crippen LogP contribution in [0, 0.1) is 0 Å². The molecule has 102 valence electrons. The van der Waals surface area contributed by atoms with Crippen molar-refractivity contribution < 1.29 is 5.11 Å². The number of nitrogens with zero attached hydrogens (tertiary/aromatic N) is 3. The quantitative estimate of drug-likeness (QED) is 0.940. The number of rotatable bonds is 4. The minimum atomic E-state index is -0.454. The van der Waals surface area contributed by atoms with Gasteiger partial charge in [0.1, 0.15) is 5.82 Å². The smallest absolute Gasteiger partial charge is 0.127 e. The summed E-state index contributed by atoms with van der Waals surface area (Å²) in [4.78, 5) is 6.45. The lowest BCUT2D eigenvalue weighted by molar-refractivity contribution is 0.199. The SMILES string of the molecule is CC(O)c1ccc(N(C)Cc2nccn2C)c(Br)c1. The summed E-state index contributed by atoms with van der Waals surface area (Å²) >= 11 is 3.56. The molecule has 0 spiro atoms. The molecule has 1 aromatic heterocycles. The van der Waals surface area contributed by atoms with Crippen molar-refractivity contribution in [2.75, 3.05) is 11.9 Å². The summed E-state index contributed by atoms with van der Waals surface area (Å²) < 4.78 is 2.98. The van der Waals surface area contributed by atoms with Crippen LogP contribution in [0.4, 0.5) is 5.69 Å². The number of aryl methyl sites for hydroxylation is 1. The number of imidazole rings is 1. The zero-order valence-corrected chi connectivity index (χ0v) is 12.9. The van der Waals surface area contributed by atoms with Gasteiger partial charge in [0, 0.05) is 31.0 Å². The summed E-state index contributed by atoms with van der Waals surface area (Å²) in [5.74, 6) is 1.01. The number of anilines is 1. The normalized spacial score (nSPS) is 12.5. The number of hydrogen-bond donors (Lipinski definition) is 1. The van der Waals surface area contributed by atoms with Gasteiger partial charge in [0.15, 0.2) is 0 Å². The average Bonchev–Trinajstić information content (AvgIpc) is 2.74. The lowest BCUT2D eigenvalue weighted by atomic mass is 10.1. The molecule has 0 saturated heterocycles. The highest BCUT2D eigenvalue weighted by atomic mass is 79.9. The third kappa shape index (κ3) is 3.16. The van der Waals surface area contributed by atoms with Crippen molar-refractivity contribution >= 4 is 21.6 Å². The number of hydrogen-bond acceptors (Lipinski definition) is 3. The Morgan fingerprint density at radius 3 is 2.74 bits per heavy atom. The Morgan fingerprint density at radius 1 is 1.47 bits per heavy atom. The van der Waals surface area contributed by atoms with Crippen molar-refractivity contribution in [1.29, 1.82) is 0 Å². The van der Waals surface area contributed by atoms with Crippen LogP contribution in [0.15, 0.2) is 35.1 Å². The molecule has 1 atom stereocenters. The van der Waals surface area contributed by atoms with E-state index in [4.69, 9.17) is 0 Å². The molecular formula is C14H18BrN3O. The molecule has 0 bridgehead atoms. The van der Waals surface area contributed by atoms with Crippen molar-refractivity contribution in [3.05, 3.63) is 46.5 Å². The average molecular weight is 324 g/mol. The van der Waals surface area contributed by atoms with Crippen LogP contribution in [0.5, 0.6) is 0 Å². The van der Waals surface area contributed by atoms with Crippen LogP contribution in [0.2, 0.25) is 0 Å². The molecule has 1 N–H and O–H groups in total. The van der Waals surface area contributed by atoms with Crippen LogP contribution >= 0.6 is 15.9 Å². The summed E-state index contributed by atoms with van der Waals surface area (Å²) in [6.45, 7) is 2.50. The highest BCUT2D eigenvalue weighted by molar-refractivity contribution is 9.10. The van der Waals surface area contributed by atoms with Crippen LogP contribution in [0.25, 0.3) is 0 Å². The lowest BCUT2D eigenvalue weighted by Gasteiger charge is -2.21. The minimum absolute atomic E-state index is 0.454. The number of benzene rings is 1. The highest BCUT2D eigenvalue weighted by Gasteiger charge is 2.11. The van der Waals surface area contributed by atoms with Crippen molar-refractivity contribution in [2.45, 2.75) is 19.6 Å². The Hall–Kier alpha value is -1.33. The first-order valence-corrected chi connectivity index (χ1v) is 6.93. The second-order valence-electron chi connectivity index (χ2n) is 4.70. The van der Waals surface area contributed by atoms with E-state index in [1.165, 1.54) is 0 Å². The first-order valence-electron chi connectivity index (χ1n) is 6.14. The van der Waals surface area contributed by atoms with Crippen LogP contribution in [-0.4, -0.2) is 21.7 Å². The first kappa shape index (κ1) is 14.1. The fourth-order valence-electron chi connectivity index (χ4n) is 1.94. The third-order valence-electron chi connectivity index (χ3n) is 3.16. The molecule has 0 aliphatic rings. The standard InChI is InChI=1S/C14H18BrN3O/c1-10(19)11-4-5-13(12(15)8-11)18(3)9-14-16-6-7-17(14)2/h4-8,10,19H,9H2,1-3H3. The number of aromatic nitrogens is 2. The largest absolute Gasteiger partial charge is 0.389 e. The maximum absolute atomic E-state index is 9.57. The fourth-order valence-corrected chi connectivity index (χ4v) is 2.64. The Balaban J connectivity index is 2.20. The molecule has 0 saturated carbocycles. The van der Waals surface area contributed by atoms with Gasteiger partial charge in [0.2, 0.25) is 0 Å². The zero-order chi connectivity index (χ0) is 14.0. The summed E-state index contributed by atoms with van der Waals surface area (Å²) in [5.41, 5.74) is 1.98. The van der Waals surface area contributed by atoms with Crippen molar-refractivity contribution in [1.82, 2.24) is 9.55 Å². The maximum Gasteiger partial charge on any atom is 0.127 e. The van der Waals surface area contributed by atoms with Gasteiger partial charge in [-0.2, -0.15) is 0 Å². The zero-order valence-electron chi connectivity index (χ0n) is 11.3. The molecule has 1 aromatic carbocycles. The molecule has 1 unspecified atom stereocenters. The lowest BCUT2D eigenvalue weighted by Crippen LogP contribution is -2.19. The van der Waals surface area contributed by atoms with Crippen LogP contribution in [-0.2, 0) is 13.6 Å². The Kier molecular flexibility index (Phi) is 4.27. The predicted molar refractivity (Wildman–Crippen MR) is 80.1 cm³/mol. The summed E-state index contributed by atoms with van der Waals surface area (Å²) in [7, 11) is 4.01. The molecule has 19 heavy (non-hydrogen) atoms. The van der Waals surface area contributed by atoms with Gasteiger partial charge in [-0.05, 0) is 40.5 Å². The maximum atomic E-state index is 9.57. The van der Waals surface area contributed by atoms with Gasteiger partial charge >= 0.3 is 0 Å². The van der Waals surface area contributed by atoms with Gasteiger partial charge in [-0.15, -0.1) is 0 Å². The molecule has 1 heterocycles. The molecule has 2 rings (SSSR count). The number of aliphatic hydroxyl groups excluding tert-OH is 1. The van der Waals surface area contributed by atoms with Gasteiger partial charge in [-0.1, -0.05) is 6.07 Å². The number of aliphatic hydroxyl groups is 1. The second-order valence-corrected chi connectivity index (χ2v) is 5.55. The van der Waals surface area contributed by atoms with Gasteiger partial charge in [0.05, 0.1) is 18.3 Å². The van der Waals surface area contributed by atoms with E-state index in [9.17, 15) is 5.11 Å². The van der Waals surface area contributed by atoms with E-state index >= 15 is 0 Å². The molecule has 0 aliphatic heterocycles. The van der Waals surface area contributed by atoms with Crippen molar-refractivity contribution in [3.63, 3.8) is 0 Å². The molecule has 0 amide bonds. The van der Waals surface area contributed by atoms with Crippen molar-refractivity contribution in [2.24, 2.45) is 7.05 Å². The van der Waals surface area contributed by atoms with E-state index in [0.717, 1.165) is 28.1 Å². The first-order chi connectivity index (χ1) is 8.99. The number of halogens is 1. The Bertz CT molecular complexity index is 566. The van der Waals surface area contributed by atoms with E-state index in [1.807, 2.05) is 43.1 Å². The van der Waals surface area contributed by atoms with Crippen LogP contribution < -0.4 is 4.90 Å². The highest BCUT2D eigenvalue weighted by Crippen LogP contribution is 2.29.